The van der Waals surface area contributed by atoms with Gasteiger partial charge in [0, 0.05) is 18.8 Å². The molecule has 0 aliphatic carbocycles. The molecule has 0 bridgehead atoms. The number of nitrogens with zero attached hydrogens (tertiary/aromatic N) is 2. The summed E-state index contributed by atoms with van der Waals surface area (Å²) in [5.74, 6) is 0. The van der Waals surface area contributed by atoms with Gasteiger partial charge in [0.25, 0.3) is 0 Å². The van der Waals surface area contributed by atoms with E-state index in [0.29, 0.717) is 5.69 Å². The molecule has 15 heavy (non-hydrogen) atoms. The summed E-state index contributed by atoms with van der Waals surface area (Å²) in [6.07, 6.45) is 3.34. The summed E-state index contributed by atoms with van der Waals surface area (Å²) < 4.78 is 1.75. The molecule has 84 valence electrons. The lowest BCUT2D eigenvalue weighted by Crippen LogP contribution is -2.30. The average molecular weight is 212 g/mol. The maximum atomic E-state index is 11.2. The lowest BCUT2D eigenvalue weighted by atomic mass is 10.4. The average Bonchev–Trinajstić information content (AvgIpc) is 2.63. The number of amides is 2. The highest BCUT2D eigenvalue weighted by atomic mass is 16.3. The normalized spacial score (nSPS) is 10.4. The maximum Gasteiger partial charge on any atom is 0.319 e. The molecule has 0 saturated heterocycles. The van der Waals surface area contributed by atoms with Gasteiger partial charge in [-0.3, -0.25) is 4.68 Å². The molecule has 1 aromatic rings. The van der Waals surface area contributed by atoms with Crippen LogP contribution in [-0.4, -0.2) is 34.1 Å². The van der Waals surface area contributed by atoms with Gasteiger partial charge in [-0.05, 0) is 13.8 Å². The predicted octanol–water partition coefficient (Wildman–Crippen LogP) is 0.578. The number of carbonyl (C=O) groups excluding carboxylic acids is 1. The molecule has 2 amide bonds. The number of rotatable bonds is 4. The fraction of sp³-hybridized carbons (Fsp3) is 0.556. The number of aliphatic hydroxyl groups excluding tert-OH is 1. The second-order valence-corrected chi connectivity index (χ2v) is 3.41. The molecular formula is C9H16N4O2. The van der Waals surface area contributed by atoms with Crippen molar-refractivity contribution in [1.82, 2.24) is 15.1 Å². The molecule has 0 radical (unpaired) electrons. The number of hydrogen-bond donors (Lipinski definition) is 3. The minimum Gasteiger partial charge on any atom is -0.395 e. The Morgan fingerprint density at radius 1 is 1.67 bits per heavy atom. The highest BCUT2D eigenvalue weighted by Crippen LogP contribution is 2.09. The van der Waals surface area contributed by atoms with Crippen LogP contribution in [0, 0.1) is 0 Å². The van der Waals surface area contributed by atoms with E-state index in [2.05, 4.69) is 15.7 Å². The standard InChI is InChI=1S/C9H16N4O2/c1-7(2)13-6-8(5-11-13)12-9(15)10-3-4-14/h5-7,14H,3-4H2,1-2H3,(H2,10,12,15). The van der Waals surface area contributed by atoms with Crippen LogP contribution >= 0.6 is 0 Å². The number of anilines is 1. The first-order valence-corrected chi connectivity index (χ1v) is 4.83. The molecule has 0 aliphatic heterocycles. The van der Waals surface area contributed by atoms with Gasteiger partial charge in [-0.1, -0.05) is 0 Å². The molecule has 1 heterocycles. The maximum absolute atomic E-state index is 11.2. The van der Waals surface area contributed by atoms with Crippen LogP contribution in [0.2, 0.25) is 0 Å². The number of hydrogen-bond acceptors (Lipinski definition) is 3. The number of urea groups is 1. The lowest BCUT2D eigenvalue weighted by molar-refractivity contribution is 0.245. The molecule has 6 heteroatoms. The highest BCUT2D eigenvalue weighted by Gasteiger charge is 2.04. The van der Waals surface area contributed by atoms with E-state index in [-0.39, 0.29) is 25.2 Å². The first-order valence-electron chi connectivity index (χ1n) is 4.83. The third kappa shape index (κ3) is 3.59. The van der Waals surface area contributed by atoms with Gasteiger partial charge < -0.3 is 15.7 Å². The fourth-order valence-electron chi connectivity index (χ4n) is 1.03. The Kier molecular flexibility index (Phi) is 4.11. The summed E-state index contributed by atoms with van der Waals surface area (Å²) >= 11 is 0. The Morgan fingerprint density at radius 2 is 2.40 bits per heavy atom. The van der Waals surface area contributed by atoms with Gasteiger partial charge in [0.15, 0.2) is 0 Å². The molecule has 0 atom stereocenters. The van der Waals surface area contributed by atoms with Crippen molar-refractivity contribution >= 4 is 11.7 Å². The minimum atomic E-state index is -0.340. The number of nitrogens with one attached hydrogen (secondary N) is 2. The molecular weight excluding hydrogens is 196 g/mol. The second kappa shape index (κ2) is 5.35. The molecule has 3 N–H and O–H groups in total. The second-order valence-electron chi connectivity index (χ2n) is 3.41. The van der Waals surface area contributed by atoms with Crippen molar-refractivity contribution in [2.45, 2.75) is 19.9 Å². The Balaban J connectivity index is 2.46. The first kappa shape index (κ1) is 11.5. The summed E-state index contributed by atoms with van der Waals surface area (Å²) in [4.78, 5) is 11.2. The number of aliphatic hydroxyl groups is 1. The van der Waals surface area contributed by atoms with E-state index in [0.717, 1.165) is 0 Å². The summed E-state index contributed by atoms with van der Waals surface area (Å²) in [6.45, 7) is 4.17. The van der Waals surface area contributed by atoms with Crippen molar-refractivity contribution in [3.8, 4) is 0 Å². The molecule has 0 aromatic carbocycles. The molecule has 1 rings (SSSR count). The van der Waals surface area contributed by atoms with Gasteiger partial charge in [0.05, 0.1) is 18.5 Å². The van der Waals surface area contributed by atoms with E-state index < -0.39 is 0 Å². The van der Waals surface area contributed by atoms with Crippen LogP contribution in [0.5, 0.6) is 0 Å². The SMILES string of the molecule is CC(C)n1cc(NC(=O)NCCO)cn1. The van der Waals surface area contributed by atoms with Crippen molar-refractivity contribution in [3.63, 3.8) is 0 Å². The van der Waals surface area contributed by atoms with E-state index in [1.807, 2.05) is 13.8 Å². The van der Waals surface area contributed by atoms with Crippen molar-refractivity contribution in [2.75, 3.05) is 18.5 Å². The number of carbonyl (C=O) groups is 1. The summed E-state index contributed by atoms with van der Waals surface area (Å²) in [7, 11) is 0. The minimum absolute atomic E-state index is 0.0708. The monoisotopic (exact) mass is 212 g/mol. The van der Waals surface area contributed by atoms with Crippen molar-refractivity contribution in [3.05, 3.63) is 12.4 Å². The summed E-state index contributed by atoms with van der Waals surface area (Å²) in [6, 6.07) is -0.0755. The van der Waals surface area contributed by atoms with Gasteiger partial charge in [0.1, 0.15) is 0 Å². The van der Waals surface area contributed by atoms with Gasteiger partial charge in [-0.15, -0.1) is 0 Å². The van der Waals surface area contributed by atoms with E-state index >= 15 is 0 Å². The van der Waals surface area contributed by atoms with E-state index in [1.54, 1.807) is 17.1 Å². The van der Waals surface area contributed by atoms with Crippen LogP contribution in [-0.2, 0) is 0 Å². The summed E-state index contributed by atoms with van der Waals surface area (Å²) in [5, 5.41) is 17.7. The fourth-order valence-corrected chi connectivity index (χ4v) is 1.03. The quantitative estimate of drug-likeness (QED) is 0.683. The van der Waals surface area contributed by atoms with E-state index in [4.69, 9.17) is 5.11 Å². The molecule has 0 spiro atoms. The van der Waals surface area contributed by atoms with E-state index in [9.17, 15) is 4.79 Å². The number of aromatic nitrogens is 2. The third-order valence-corrected chi connectivity index (χ3v) is 1.79. The van der Waals surface area contributed by atoms with E-state index in [1.165, 1.54) is 0 Å². The van der Waals surface area contributed by atoms with Crippen molar-refractivity contribution in [2.24, 2.45) is 0 Å². The largest absolute Gasteiger partial charge is 0.395 e. The van der Waals surface area contributed by atoms with Crippen LogP contribution in [0.1, 0.15) is 19.9 Å². The molecule has 0 unspecified atom stereocenters. The van der Waals surface area contributed by atoms with Gasteiger partial charge >= 0.3 is 6.03 Å². The molecule has 1 aromatic heterocycles. The topological polar surface area (TPSA) is 79.2 Å². The van der Waals surface area contributed by atoms with Crippen LogP contribution < -0.4 is 10.6 Å². The first-order chi connectivity index (χ1) is 7.13. The third-order valence-electron chi connectivity index (χ3n) is 1.79. The smallest absolute Gasteiger partial charge is 0.319 e. The Bertz CT molecular complexity index is 322. The Hall–Kier alpha value is -1.56. The Morgan fingerprint density at radius 3 is 2.93 bits per heavy atom. The zero-order valence-corrected chi connectivity index (χ0v) is 8.90. The van der Waals surface area contributed by atoms with Crippen LogP contribution in [0.4, 0.5) is 10.5 Å². The van der Waals surface area contributed by atoms with Crippen molar-refractivity contribution < 1.29 is 9.90 Å². The van der Waals surface area contributed by atoms with Crippen molar-refractivity contribution in [1.29, 1.82) is 0 Å². The summed E-state index contributed by atoms with van der Waals surface area (Å²) in [5.41, 5.74) is 0.638. The van der Waals surface area contributed by atoms with Crippen LogP contribution in [0.15, 0.2) is 12.4 Å². The zero-order valence-electron chi connectivity index (χ0n) is 8.90. The highest BCUT2D eigenvalue weighted by molar-refractivity contribution is 5.88. The van der Waals surface area contributed by atoms with Gasteiger partial charge in [-0.2, -0.15) is 5.10 Å². The molecule has 6 nitrogen and oxygen atoms in total. The molecule has 0 saturated carbocycles. The van der Waals surface area contributed by atoms with Crippen LogP contribution in [0.3, 0.4) is 0 Å². The molecule has 0 fully saturated rings. The van der Waals surface area contributed by atoms with Gasteiger partial charge in [0.2, 0.25) is 0 Å². The molecule has 0 aliphatic rings. The zero-order chi connectivity index (χ0) is 11.3. The van der Waals surface area contributed by atoms with Crippen LogP contribution in [0.25, 0.3) is 0 Å². The van der Waals surface area contributed by atoms with Gasteiger partial charge in [-0.25, -0.2) is 4.79 Å². The lowest BCUT2D eigenvalue weighted by Gasteiger charge is -2.04. The Labute approximate surface area is 88.3 Å². The predicted molar refractivity (Wildman–Crippen MR) is 56.7 cm³/mol.